The average molecular weight is 243 g/mol. The first-order valence-electron chi connectivity index (χ1n) is 6.52. The highest BCUT2D eigenvalue weighted by Gasteiger charge is 2.28. The van der Waals surface area contributed by atoms with E-state index in [1.165, 1.54) is 12.8 Å². The molecular formula is C13H25NO3. The predicted molar refractivity (Wildman–Crippen MR) is 66.8 cm³/mol. The van der Waals surface area contributed by atoms with E-state index in [1.807, 2.05) is 0 Å². The molecule has 2 unspecified atom stereocenters. The third-order valence-corrected chi connectivity index (χ3v) is 3.85. The van der Waals surface area contributed by atoms with Crippen molar-refractivity contribution in [2.75, 3.05) is 19.7 Å². The number of aliphatic carboxylic acids is 1. The molecule has 17 heavy (non-hydrogen) atoms. The van der Waals surface area contributed by atoms with Crippen LogP contribution < -0.4 is 5.32 Å². The van der Waals surface area contributed by atoms with E-state index in [1.54, 1.807) is 13.8 Å². The summed E-state index contributed by atoms with van der Waals surface area (Å²) in [5, 5.41) is 21.5. The number of carboxylic acids is 1. The summed E-state index contributed by atoms with van der Waals surface area (Å²) < 4.78 is 0. The van der Waals surface area contributed by atoms with Gasteiger partial charge in [0.15, 0.2) is 0 Å². The molecule has 1 rings (SSSR count). The third kappa shape index (κ3) is 4.28. The van der Waals surface area contributed by atoms with Crippen LogP contribution in [0.25, 0.3) is 0 Å². The number of carbonyl (C=O) groups is 1. The van der Waals surface area contributed by atoms with E-state index >= 15 is 0 Å². The molecule has 0 aromatic heterocycles. The standard InChI is InChI=1S/C13H25NO3/c1-13(2,12(16)17)9-14-7-10-5-3-4-6-11(10)8-15/h10-11,14-15H,3-9H2,1-2H3,(H,16,17). The zero-order chi connectivity index (χ0) is 12.9. The summed E-state index contributed by atoms with van der Waals surface area (Å²) in [7, 11) is 0. The second kappa shape index (κ2) is 6.36. The molecule has 0 bridgehead atoms. The molecule has 0 aromatic carbocycles. The molecule has 1 aliphatic carbocycles. The lowest BCUT2D eigenvalue weighted by atomic mass is 9.79. The van der Waals surface area contributed by atoms with Gasteiger partial charge in [0, 0.05) is 13.2 Å². The molecule has 0 heterocycles. The number of carboxylic acid groups (broad SMARTS) is 1. The van der Waals surface area contributed by atoms with Crippen molar-refractivity contribution in [3.8, 4) is 0 Å². The van der Waals surface area contributed by atoms with Crippen molar-refractivity contribution in [2.45, 2.75) is 39.5 Å². The minimum Gasteiger partial charge on any atom is -0.481 e. The number of aliphatic hydroxyl groups excluding tert-OH is 1. The molecular weight excluding hydrogens is 218 g/mol. The zero-order valence-electron chi connectivity index (χ0n) is 10.9. The van der Waals surface area contributed by atoms with Crippen LogP contribution >= 0.6 is 0 Å². The normalized spacial score (nSPS) is 25.8. The second-order valence-corrected chi connectivity index (χ2v) is 5.81. The van der Waals surface area contributed by atoms with Crippen LogP contribution in [-0.4, -0.2) is 35.9 Å². The fourth-order valence-electron chi connectivity index (χ4n) is 2.44. The summed E-state index contributed by atoms with van der Waals surface area (Å²) in [4.78, 5) is 10.9. The molecule has 100 valence electrons. The van der Waals surface area contributed by atoms with E-state index in [2.05, 4.69) is 5.32 Å². The Morgan fingerprint density at radius 3 is 2.41 bits per heavy atom. The summed E-state index contributed by atoms with van der Waals surface area (Å²) in [6.45, 7) is 5.02. The lowest BCUT2D eigenvalue weighted by molar-refractivity contribution is -0.146. The Morgan fingerprint density at radius 2 is 1.88 bits per heavy atom. The predicted octanol–water partition coefficient (Wildman–Crippen LogP) is 1.49. The zero-order valence-corrected chi connectivity index (χ0v) is 10.9. The molecule has 0 amide bonds. The molecule has 3 N–H and O–H groups in total. The topological polar surface area (TPSA) is 69.6 Å². The first-order valence-corrected chi connectivity index (χ1v) is 6.52. The fraction of sp³-hybridized carbons (Fsp3) is 0.923. The first kappa shape index (κ1) is 14.5. The van der Waals surface area contributed by atoms with Crippen LogP contribution in [0.1, 0.15) is 39.5 Å². The van der Waals surface area contributed by atoms with Crippen molar-refractivity contribution in [2.24, 2.45) is 17.3 Å². The van der Waals surface area contributed by atoms with Gasteiger partial charge in [0.05, 0.1) is 5.41 Å². The van der Waals surface area contributed by atoms with E-state index in [9.17, 15) is 9.90 Å². The van der Waals surface area contributed by atoms with Crippen molar-refractivity contribution in [3.05, 3.63) is 0 Å². The molecule has 4 nitrogen and oxygen atoms in total. The Bertz CT molecular complexity index is 253. The molecule has 0 spiro atoms. The van der Waals surface area contributed by atoms with Crippen LogP contribution in [0.3, 0.4) is 0 Å². The van der Waals surface area contributed by atoms with Crippen LogP contribution in [0.5, 0.6) is 0 Å². The summed E-state index contributed by atoms with van der Waals surface area (Å²) in [6, 6.07) is 0. The van der Waals surface area contributed by atoms with E-state index < -0.39 is 11.4 Å². The minimum atomic E-state index is -0.771. The molecule has 0 aromatic rings. The Hall–Kier alpha value is -0.610. The highest BCUT2D eigenvalue weighted by molar-refractivity contribution is 5.73. The van der Waals surface area contributed by atoms with Crippen LogP contribution in [0.15, 0.2) is 0 Å². The quantitative estimate of drug-likeness (QED) is 0.661. The Labute approximate surface area is 103 Å². The van der Waals surface area contributed by atoms with Gasteiger partial charge in [0.25, 0.3) is 0 Å². The number of rotatable bonds is 6. The lowest BCUT2D eigenvalue weighted by Gasteiger charge is -2.31. The maximum absolute atomic E-state index is 10.9. The number of aliphatic hydroxyl groups is 1. The third-order valence-electron chi connectivity index (χ3n) is 3.85. The smallest absolute Gasteiger partial charge is 0.310 e. The van der Waals surface area contributed by atoms with Gasteiger partial charge in [-0.2, -0.15) is 0 Å². The van der Waals surface area contributed by atoms with Crippen molar-refractivity contribution in [1.29, 1.82) is 0 Å². The van der Waals surface area contributed by atoms with E-state index in [0.717, 1.165) is 19.4 Å². The van der Waals surface area contributed by atoms with Crippen molar-refractivity contribution < 1.29 is 15.0 Å². The number of nitrogens with one attached hydrogen (secondary N) is 1. The van der Waals surface area contributed by atoms with Gasteiger partial charge in [-0.15, -0.1) is 0 Å². The average Bonchev–Trinajstić information content (AvgIpc) is 2.29. The second-order valence-electron chi connectivity index (χ2n) is 5.81. The van der Waals surface area contributed by atoms with Gasteiger partial charge in [-0.1, -0.05) is 12.8 Å². The van der Waals surface area contributed by atoms with E-state index in [-0.39, 0.29) is 6.61 Å². The fourth-order valence-corrected chi connectivity index (χ4v) is 2.44. The number of hydrogen-bond acceptors (Lipinski definition) is 3. The van der Waals surface area contributed by atoms with Gasteiger partial charge in [-0.3, -0.25) is 4.79 Å². The Balaban J connectivity index is 2.32. The first-order chi connectivity index (χ1) is 7.97. The number of hydrogen-bond donors (Lipinski definition) is 3. The van der Waals surface area contributed by atoms with Crippen LogP contribution in [0.4, 0.5) is 0 Å². The SMILES string of the molecule is CC(C)(CNCC1CCCCC1CO)C(=O)O. The van der Waals surface area contributed by atoms with Crippen molar-refractivity contribution >= 4 is 5.97 Å². The van der Waals surface area contributed by atoms with E-state index in [4.69, 9.17) is 5.11 Å². The van der Waals surface area contributed by atoms with E-state index in [0.29, 0.717) is 18.4 Å². The van der Waals surface area contributed by atoms with Gasteiger partial charge in [-0.25, -0.2) is 0 Å². The van der Waals surface area contributed by atoms with Crippen LogP contribution in [0, 0.1) is 17.3 Å². The highest BCUT2D eigenvalue weighted by Crippen LogP contribution is 2.29. The maximum Gasteiger partial charge on any atom is 0.310 e. The molecule has 1 aliphatic rings. The lowest BCUT2D eigenvalue weighted by Crippen LogP contribution is -2.40. The Kier molecular flexibility index (Phi) is 5.40. The molecule has 0 saturated heterocycles. The monoisotopic (exact) mass is 243 g/mol. The Morgan fingerprint density at radius 1 is 1.29 bits per heavy atom. The van der Waals surface area contributed by atoms with Crippen molar-refractivity contribution in [1.82, 2.24) is 5.32 Å². The van der Waals surface area contributed by atoms with Gasteiger partial charge in [0.1, 0.15) is 0 Å². The van der Waals surface area contributed by atoms with Crippen LogP contribution in [-0.2, 0) is 4.79 Å². The molecule has 1 saturated carbocycles. The molecule has 0 aliphatic heterocycles. The largest absolute Gasteiger partial charge is 0.481 e. The summed E-state index contributed by atoms with van der Waals surface area (Å²) in [5.74, 6) is 0.120. The van der Waals surface area contributed by atoms with Crippen molar-refractivity contribution in [3.63, 3.8) is 0 Å². The maximum atomic E-state index is 10.9. The highest BCUT2D eigenvalue weighted by atomic mass is 16.4. The summed E-state index contributed by atoms with van der Waals surface area (Å²) in [6.07, 6.45) is 4.68. The molecule has 4 heteroatoms. The summed E-state index contributed by atoms with van der Waals surface area (Å²) in [5.41, 5.74) is -0.719. The molecule has 0 radical (unpaired) electrons. The van der Waals surface area contributed by atoms with Gasteiger partial charge in [-0.05, 0) is 45.1 Å². The molecule has 1 fully saturated rings. The minimum absolute atomic E-state index is 0.259. The molecule has 2 atom stereocenters. The van der Waals surface area contributed by atoms with Gasteiger partial charge >= 0.3 is 5.97 Å². The van der Waals surface area contributed by atoms with Crippen LogP contribution in [0.2, 0.25) is 0 Å². The van der Waals surface area contributed by atoms with Gasteiger partial charge in [0.2, 0.25) is 0 Å². The summed E-state index contributed by atoms with van der Waals surface area (Å²) >= 11 is 0. The van der Waals surface area contributed by atoms with Gasteiger partial charge < -0.3 is 15.5 Å².